The first kappa shape index (κ1) is 18.6. The minimum Gasteiger partial charge on any atom is -0.451 e. The molecule has 0 radical (unpaired) electrons. The van der Waals surface area contributed by atoms with Gasteiger partial charge in [-0.3, -0.25) is 4.79 Å². The van der Waals surface area contributed by atoms with Gasteiger partial charge < -0.3 is 14.2 Å². The number of halogens is 1. The minimum atomic E-state index is -0.351. The number of carbonyl (C=O) groups is 1. The molecule has 1 aliphatic heterocycles. The van der Waals surface area contributed by atoms with Gasteiger partial charge >= 0.3 is 0 Å². The molecule has 1 fully saturated rings. The molecule has 2 heterocycles. The van der Waals surface area contributed by atoms with Crippen LogP contribution in [-0.4, -0.2) is 48.4 Å². The van der Waals surface area contributed by atoms with E-state index in [0.717, 1.165) is 32.5 Å². The second-order valence-corrected chi connectivity index (χ2v) is 7.41. The smallest absolute Gasteiger partial charge is 0.289 e. The fraction of sp³-hybridized carbons (Fsp3) is 0.476. The van der Waals surface area contributed by atoms with Crippen molar-refractivity contribution < 1.29 is 13.6 Å². The van der Waals surface area contributed by atoms with Crippen LogP contribution in [0.3, 0.4) is 0 Å². The van der Waals surface area contributed by atoms with Crippen LogP contribution in [0.5, 0.6) is 0 Å². The van der Waals surface area contributed by atoms with Crippen LogP contribution >= 0.6 is 0 Å². The molecule has 0 unspecified atom stereocenters. The maximum absolute atomic E-state index is 13.9. The van der Waals surface area contributed by atoms with Gasteiger partial charge in [-0.25, -0.2) is 4.39 Å². The number of hydrogen-bond acceptors (Lipinski definition) is 3. The standard InChI is InChI=1S/C21H27FN2O2/c1-15(2)23(3)14-16-10-12-24(13-11-16)21(25)20-9-8-19(26-20)17-6-4-5-7-18(17)22/h4-9,15-16H,10-14H2,1-3H3. The third-order valence-electron chi connectivity index (χ3n) is 5.29. The predicted octanol–water partition coefficient (Wildman–Crippen LogP) is 4.28. The first-order valence-corrected chi connectivity index (χ1v) is 9.30. The number of nitrogens with zero attached hydrogens (tertiary/aromatic N) is 2. The van der Waals surface area contributed by atoms with E-state index in [1.807, 2.05) is 4.90 Å². The van der Waals surface area contributed by atoms with Gasteiger partial charge in [0.15, 0.2) is 5.76 Å². The zero-order valence-electron chi connectivity index (χ0n) is 15.7. The topological polar surface area (TPSA) is 36.7 Å². The van der Waals surface area contributed by atoms with E-state index in [0.29, 0.717) is 23.3 Å². The maximum Gasteiger partial charge on any atom is 0.289 e. The van der Waals surface area contributed by atoms with Crippen molar-refractivity contribution in [2.24, 2.45) is 5.92 Å². The van der Waals surface area contributed by atoms with Gasteiger partial charge in [-0.15, -0.1) is 0 Å². The Morgan fingerprint density at radius 3 is 2.58 bits per heavy atom. The number of rotatable bonds is 5. The molecule has 3 rings (SSSR count). The minimum absolute atomic E-state index is 0.108. The van der Waals surface area contributed by atoms with Crippen LogP contribution in [-0.2, 0) is 0 Å². The van der Waals surface area contributed by atoms with E-state index in [4.69, 9.17) is 4.42 Å². The molecule has 4 nitrogen and oxygen atoms in total. The summed E-state index contributed by atoms with van der Waals surface area (Å²) in [6.07, 6.45) is 2.01. The Morgan fingerprint density at radius 2 is 1.92 bits per heavy atom. The lowest BCUT2D eigenvalue weighted by Crippen LogP contribution is -2.42. The molecule has 1 aromatic carbocycles. The zero-order valence-corrected chi connectivity index (χ0v) is 15.7. The average Bonchev–Trinajstić information content (AvgIpc) is 3.12. The summed E-state index contributed by atoms with van der Waals surface area (Å²) in [7, 11) is 2.15. The summed E-state index contributed by atoms with van der Waals surface area (Å²) in [5, 5.41) is 0. The van der Waals surface area contributed by atoms with Crippen LogP contribution in [0.1, 0.15) is 37.2 Å². The largest absolute Gasteiger partial charge is 0.451 e. The van der Waals surface area contributed by atoms with Gasteiger partial charge in [-0.05, 0) is 63.9 Å². The number of benzene rings is 1. The van der Waals surface area contributed by atoms with Crippen LogP contribution in [0.15, 0.2) is 40.8 Å². The Morgan fingerprint density at radius 1 is 1.23 bits per heavy atom. The Hall–Kier alpha value is -2.14. The van der Waals surface area contributed by atoms with Gasteiger partial charge in [-0.2, -0.15) is 0 Å². The van der Waals surface area contributed by atoms with E-state index in [1.165, 1.54) is 6.07 Å². The lowest BCUT2D eigenvalue weighted by Gasteiger charge is -2.34. The molecule has 0 N–H and O–H groups in total. The number of furan rings is 1. The summed E-state index contributed by atoms with van der Waals surface area (Å²) < 4.78 is 19.5. The monoisotopic (exact) mass is 358 g/mol. The SMILES string of the molecule is CC(C)N(C)CC1CCN(C(=O)c2ccc(-c3ccccc3F)o2)CC1. The van der Waals surface area contributed by atoms with Gasteiger partial charge in [0.2, 0.25) is 0 Å². The first-order valence-electron chi connectivity index (χ1n) is 9.30. The number of amides is 1. The molecule has 1 aliphatic rings. The van der Waals surface area contributed by atoms with Gasteiger partial charge in [0, 0.05) is 25.7 Å². The van der Waals surface area contributed by atoms with Crippen molar-refractivity contribution >= 4 is 5.91 Å². The van der Waals surface area contributed by atoms with E-state index in [1.54, 1.807) is 30.3 Å². The molecule has 0 bridgehead atoms. The number of piperidine rings is 1. The lowest BCUT2D eigenvalue weighted by atomic mass is 9.95. The van der Waals surface area contributed by atoms with Gasteiger partial charge in [0.05, 0.1) is 5.56 Å². The average molecular weight is 358 g/mol. The Bertz CT molecular complexity index is 748. The Kier molecular flexibility index (Phi) is 5.77. The van der Waals surface area contributed by atoms with Crippen LogP contribution < -0.4 is 0 Å². The molecular weight excluding hydrogens is 331 g/mol. The summed E-state index contributed by atoms with van der Waals surface area (Å²) in [5.41, 5.74) is 0.377. The highest BCUT2D eigenvalue weighted by Gasteiger charge is 2.26. The third kappa shape index (κ3) is 4.15. The number of likely N-dealkylation sites (tertiary alicyclic amines) is 1. The van der Waals surface area contributed by atoms with Crippen LogP contribution in [0.25, 0.3) is 11.3 Å². The fourth-order valence-electron chi connectivity index (χ4n) is 3.35. The highest BCUT2D eigenvalue weighted by Crippen LogP contribution is 2.26. The Labute approximate surface area is 154 Å². The van der Waals surface area contributed by atoms with Gasteiger partial charge in [-0.1, -0.05) is 12.1 Å². The molecule has 140 valence electrons. The number of hydrogen-bond donors (Lipinski definition) is 0. The molecule has 5 heteroatoms. The molecule has 2 aromatic rings. The molecule has 0 spiro atoms. The van der Waals surface area contributed by atoms with Crippen molar-refractivity contribution in [3.63, 3.8) is 0 Å². The van der Waals surface area contributed by atoms with Crippen molar-refractivity contribution in [3.05, 3.63) is 48.0 Å². The van der Waals surface area contributed by atoms with Gasteiger partial charge in [0.1, 0.15) is 11.6 Å². The molecular formula is C21H27FN2O2. The lowest BCUT2D eigenvalue weighted by molar-refractivity contribution is 0.0636. The molecule has 1 aromatic heterocycles. The van der Waals surface area contributed by atoms with Crippen molar-refractivity contribution in [2.75, 3.05) is 26.7 Å². The molecule has 0 saturated carbocycles. The van der Waals surface area contributed by atoms with E-state index in [2.05, 4.69) is 25.8 Å². The van der Waals surface area contributed by atoms with Crippen molar-refractivity contribution in [2.45, 2.75) is 32.7 Å². The zero-order chi connectivity index (χ0) is 18.7. The highest BCUT2D eigenvalue weighted by molar-refractivity contribution is 5.92. The highest BCUT2D eigenvalue weighted by atomic mass is 19.1. The summed E-state index contributed by atoms with van der Waals surface area (Å²) in [5.74, 6) is 0.831. The van der Waals surface area contributed by atoms with Crippen molar-refractivity contribution in [1.29, 1.82) is 0 Å². The van der Waals surface area contributed by atoms with Crippen LogP contribution in [0, 0.1) is 11.7 Å². The molecule has 26 heavy (non-hydrogen) atoms. The predicted molar refractivity (Wildman–Crippen MR) is 100 cm³/mol. The normalized spacial score (nSPS) is 15.8. The number of carbonyl (C=O) groups excluding carboxylic acids is 1. The summed E-state index contributed by atoms with van der Waals surface area (Å²) in [4.78, 5) is 16.9. The fourth-order valence-corrected chi connectivity index (χ4v) is 3.35. The molecule has 1 saturated heterocycles. The quantitative estimate of drug-likeness (QED) is 0.800. The van der Waals surface area contributed by atoms with E-state index in [-0.39, 0.29) is 17.5 Å². The van der Waals surface area contributed by atoms with E-state index in [9.17, 15) is 9.18 Å². The van der Waals surface area contributed by atoms with Gasteiger partial charge in [0.25, 0.3) is 5.91 Å². The van der Waals surface area contributed by atoms with Crippen LogP contribution in [0.4, 0.5) is 4.39 Å². The van der Waals surface area contributed by atoms with Crippen molar-refractivity contribution in [1.82, 2.24) is 9.80 Å². The second kappa shape index (κ2) is 8.04. The van der Waals surface area contributed by atoms with E-state index < -0.39 is 0 Å². The van der Waals surface area contributed by atoms with Crippen molar-refractivity contribution in [3.8, 4) is 11.3 Å². The first-order chi connectivity index (χ1) is 12.5. The molecule has 0 atom stereocenters. The molecule has 1 amide bonds. The van der Waals surface area contributed by atoms with Crippen LogP contribution in [0.2, 0.25) is 0 Å². The third-order valence-corrected chi connectivity index (χ3v) is 5.29. The summed E-state index contributed by atoms with van der Waals surface area (Å²) in [6, 6.07) is 10.3. The maximum atomic E-state index is 13.9. The summed E-state index contributed by atoms with van der Waals surface area (Å²) in [6.45, 7) is 6.94. The summed E-state index contributed by atoms with van der Waals surface area (Å²) >= 11 is 0. The second-order valence-electron chi connectivity index (χ2n) is 7.41. The Balaban J connectivity index is 1.60. The van der Waals surface area contributed by atoms with E-state index >= 15 is 0 Å². The molecule has 0 aliphatic carbocycles.